The molecule has 1 aliphatic rings. The van der Waals surface area contributed by atoms with Crippen molar-refractivity contribution in [3.8, 4) is 17.1 Å². The van der Waals surface area contributed by atoms with Gasteiger partial charge in [-0.25, -0.2) is 37.3 Å². The maximum Gasteiger partial charge on any atom is 0.335 e. The number of pyridine rings is 1. The first-order valence-electron chi connectivity index (χ1n) is 12.9. The summed E-state index contributed by atoms with van der Waals surface area (Å²) in [6.07, 6.45) is -0.842. The predicted octanol–water partition coefficient (Wildman–Crippen LogP) is 6.43. The number of hydrogen-bond donors (Lipinski definition) is 1. The van der Waals surface area contributed by atoms with E-state index in [1.807, 2.05) is 0 Å². The summed E-state index contributed by atoms with van der Waals surface area (Å²) in [5.41, 5.74) is 1.30. The van der Waals surface area contributed by atoms with E-state index >= 15 is 8.78 Å². The van der Waals surface area contributed by atoms with E-state index in [-0.39, 0.29) is 52.3 Å². The molecule has 6 rings (SSSR count). The second-order valence-corrected chi connectivity index (χ2v) is 10.8. The number of hydrogen-bond acceptors (Lipinski definition) is 7. The van der Waals surface area contributed by atoms with E-state index in [2.05, 4.69) is 15.0 Å². The molecule has 1 N–H and O–H groups in total. The number of thiazole rings is 1. The molecular formula is C29H22F4N4O4S. The lowest BCUT2D eigenvalue weighted by Crippen LogP contribution is -2.31. The number of rotatable bonds is 10. The molecule has 0 saturated carbocycles. The Kier molecular flexibility index (Phi) is 7.60. The average Bonchev–Trinajstić information content (AvgIpc) is 3.56. The lowest BCUT2D eigenvalue weighted by atomic mass is 10.0. The molecule has 8 nitrogen and oxygen atoms in total. The Morgan fingerprint density at radius 1 is 1.14 bits per heavy atom. The van der Waals surface area contributed by atoms with Gasteiger partial charge >= 0.3 is 5.97 Å². The molecule has 0 spiro atoms. The van der Waals surface area contributed by atoms with Crippen LogP contribution in [0.5, 0.6) is 5.88 Å². The molecule has 0 bridgehead atoms. The fourth-order valence-corrected chi connectivity index (χ4v) is 5.33. The van der Waals surface area contributed by atoms with Crippen LogP contribution in [0.4, 0.5) is 17.6 Å². The fraction of sp³-hybridized carbons (Fsp3) is 0.241. The number of alkyl halides is 2. The Labute approximate surface area is 240 Å². The largest absolute Gasteiger partial charge is 0.478 e. The van der Waals surface area contributed by atoms with Crippen molar-refractivity contribution < 1.29 is 36.9 Å². The van der Waals surface area contributed by atoms with Crippen LogP contribution in [-0.2, 0) is 24.3 Å². The van der Waals surface area contributed by atoms with E-state index in [1.54, 1.807) is 16.7 Å². The van der Waals surface area contributed by atoms with Crippen molar-refractivity contribution in [1.29, 1.82) is 0 Å². The van der Waals surface area contributed by atoms with Crippen molar-refractivity contribution in [2.45, 2.75) is 38.5 Å². The first-order valence-corrected chi connectivity index (χ1v) is 13.7. The molecule has 216 valence electrons. The van der Waals surface area contributed by atoms with Crippen molar-refractivity contribution in [3.63, 3.8) is 0 Å². The van der Waals surface area contributed by atoms with Crippen LogP contribution in [0.3, 0.4) is 0 Å². The zero-order valence-electron chi connectivity index (χ0n) is 21.8. The van der Waals surface area contributed by atoms with Gasteiger partial charge in [0.05, 0.1) is 39.8 Å². The fourth-order valence-electron chi connectivity index (χ4n) is 4.64. The number of ether oxygens (including phenoxy) is 2. The number of carboxylic acid groups (broad SMARTS) is 1. The van der Waals surface area contributed by atoms with Gasteiger partial charge in [0.15, 0.2) is 0 Å². The van der Waals surface area contributed by atoms with E-state index < -0.39 is 24.0 Å². The third-order valence-corrected chi connectivity index (χ3v) is 7.85. The first-order chi connectivity index (χ1) is 20.2. The summed E-state index contributed by atoms with van der Waals surface area (Å²) < 4.78 is 69.3. The molecule has 1 aliphatic heterocycles. The van der Waals surface area contributed by atoms with Crippen LogP contribution in [0.2, 0.25) is 0 Å². The monoisotopic (exact) mass is 598 g/mol. The minimum absolute atomic E-state index is 0.0438. The van der Waals surface area contributed by atoms with Crippen LogP contribution < -0.4 is 4.74 Å². The van der Waals surface area contributed by atoms with Gasteiger partial charge in [-0.05, 0) is 48.4 Å². The van der Waals surface area contributed by atoms with Crippen molar-refractivity contribution in [3.05, 3.63) is 93.2 Å². The molecule has 3 aromatic heterocycles. The van der Waals surface area contributed by atoms with E-state index in [1.165, 1.54) is 24.3 Å². The van der Waals surface area contributed by atoms with Crippen molar-refractivity contribution in [2.24, 2.45) is 0 Å². The van der Waals surface area contributed by atoms with Gasteiger partial charge in [0, 0.05) is 30.9 Å². The van der Waals surface area contributed by atoms with Crippen molar-refractivity contribution in [1.82, 2.24) is 19.5 Å². The number of nitrogens with zero attached hydrogens (tertiary/aromatic N) is 4. The Morgan fingerprint density at radius 3 is 2.69 bits per heavy atom. The minimum atomic E-state index is -2.63. The minimum Gasteiger partial charge on any atom is -0.478 e. The third kappa shape index (κ3) is 5.70. The molecule has 1 unspecified atom stereocenters. The van der Waals surface area contributed by atoms with Gasteiger partial charge in [-0.2, -0.15) is 0 Å². The number of aromatic carboxylic acids is 1. The highest BCUT2D eigenvalue weighted by Gasteiger charge is 2.24. The van der Waals surface area contributed by atoms with E-state index in [0.29, 0.717) is 35.0 Å². The normalized spacial score (nSPS) is 14.8. The Morgan fingerprint density at radius 2 is 1.98 bits per heavy atom. The van der Waals surface area contributed by atoms with Gasteiger partial charge < -0.3 is 19.1 Å². The van der Waals surface area contributed by atoms with Crippen molar-refractivity contribution >= 4 is 28.3 Å². The van der Waals surface area contributed by atoms with Crippen LogP contribution in [-0.4, -0.2) is 43.3 Å². The predicted molar refractivity (Wildman–Crippen MR) is 145 cm³/mol. The Balaban J connectivity index is 1.25. The van der Waals surface area contributed by atoms with E-state index in [9.17, 15) is 18.7 Å². The molecule has 0 aliphatic carbocycles. The van der Waals surface area contributed by atoms with Gasteiger partial charge in [-0.15, -0.1) is 11.3 Å². The molecule has 2 aromatic carbocycles. The van der Waals surface area contributed by atoms with Gasteiger partial charge in [0.2, 0.25) is 5.88 Å². The van der Waals surface area contributed by atoms with Crippen LogP contribution in [0.15, 0.2) is 54.7 Å². The molecule has 1 atom stereocenters. The Hall–Kier alpha value is -4.36. The van der Waals surface area contributed by atoms with Gasteiger partial charge in [-0.1, -0.05) is 6.07 Å². The lowest BCUT2D eigenvalue weighted by molar-refractivity contribution is -0.0589. The third-order valence-electron chi connectivity index (χ3n) is 6.87. The quantitative estimate of drug-likeness (QED) is 0.185. The summed E-state index contributed by atoms with van der Waals surface area (Å²) in [5.74, 6) is -1.93. The smallest absolute Gasteiger partial charge is 0.335 e. The Bertz CT molecular complexity index is 1790. The summed E-state index contributed by atoms with van der Waals surface area (Å²) >= 11 is 0.816. The topological polar surface area (TPSA) is 99.4 Å². The van der Waals surface area contributed by atoms with Crippen LogP contribution >= 0.6 is 11.3 Å². The van der Waals surface area contributed by atoms with E-state index in [0.717, 1.165) is 36.1 Å². The van der Waals surface area contributed by atoms with Gasteiger partial charge in [0.1, 0.15) is 29.1 Å². The first kappa shape index (κ1) is 27.8. The molecule has 0 amide bonds. The zero-order chi connectivity index (χ0) is 29.4. The number of benzene rings is 2. The molecule has 4 heterocycles. The second kappa shape index (κ2) is 11.5. The van der Waals surface area contributed by atoms with Gasteiger partial charge in [-0.3, -0.25) is 0 Å². The molecule has 1 fully saturated rings. The molecule has 42 heavy (non-hydrogen) atoms. The second-order valence-electron chi connectivity index (χ2n) is 9.64. The van der Waals surface area contributed by atoms with Gasteiger partial charge in [0.25, 0.3) is 6.43 Å². The average molecular weight is 599 g/mol. The molecule has 0 radical (unpaired) electrons. The van der Waals surface area contributed by atoms with Crippen LogP contribution in [0.25, 0.3) is 22.3 Å². The maximum absolute atomic E-state index is 15.4. The van der Waals surface area contributed by atoms with E-state index in [4.69, 9.17) is 9.47 Å². The standard InChI is InChI=1S/C29H22F4N4O4S/c30-19-11-18(21-2-1-3-26(36-21)41-14-27-34-12-24(42-27)28(32)33)20(31)8-16(19)10-25-35-22-5-4-15(29(38)39)9-23(22)37(25)13-17-6-7-40-17/h1-5,8-9,11-12,17,28H,6-7,10,13-14H2,(H,38,39). The number of carbonyl (C=O) groups is 1. The summed E-state index contributed by atoms with van der Waals surface area (Å²) in [6, 6.07) is 11.3. The molecule has 1 saturated heterocycles. The molecule has 5 aromatic rings. The number of imidazole rings is 1. The molecule has 13 heteroatoms. The zero-order valence-corrected chi connectivity index (χ0v) is 22.6. The SMILES string of the molecule is O=C(O)c1ccc2nc(Cc3cc(F)c(-c4cccc(OCc5ncc(C(F)F)s5)n4)cc3F)n(CC3CCO3)c2c1. The maximum atomic E-state index is 15.4. The number of carboxylic acids is 1. The summed E-state index contributed by atoms with van der Waals surface area (Å²) in [4.78, 5) is 24.1. The van der Waals surface area contributed by atoms with Crippen molar-refractivity contribution in [2.75, 3.05) is 6.61 Å². The lowest BCUT2D eigenvalue weighted by Gasteiger charge is -2.27. The summed E-state index contributed by atoms with van der Waals surface area (Å²) in [6.45, 7) is 0.919. The highest BCUT2D eigenvalue weighted by atomic mass is 32.1. The van der Waals surface area contributed by atoms with Crippen LogP contribution in [0, 0.1) is 11.6 Å². The number of fused-ring (bicyclic) bond motifs is 1. The summed E-state index contributed by atoms with van der Waals surface area (Å²) in [5, 5.41) is 9.76. The number of aromatic nitrogens is 4. The highest BCUT2D eigenvalue weighted by Crippen LogP contribution is 2.30. The number of halogens is 4. The van der Waals surface area contributed by atoms with Crippen LogP contribution in [0.1, 0.15) is 44.5 Å². The summed E-state index contributed by atoms with van der Waals surface area (Å²) in [7, 11) is 0. The molecular weight excluding hydrogens is 576 g/mol. The highest BCUT2D eigenvalue weighted by molar-refractivity contribution is 7.11.